The molecule has 0 radical (unpaired) electrons. The Morgan fingerprint density at radius 1 is 0.676 bits per heavy atom. The van der Waals surface area contributed by atoms with Gasteiger partial charge in [-0.2, -0.15) is 0 Å². The van der Waals surface area contributed by atoms with E-state index >= 15 is 0 Å². The Hall–Kier alpha value is -1.51. The molecule has 0 aromatic heterocycles. The van der Waals surface area contributed by atoms with E-state index in [1.807, 2.05) is 12.1 Å². The van der Waals surface area contributed by atoms with Crippen LogP contribution in [0.15, 0.2) is 24.3 Å². The van der Waals surface area contributed by atoms with E-state index in [1.54, 1.807) is 12.1 Å². The van der Waals surface area contributed by atoms with Crippen molar-refractivity contribution in [3.05, 3.63) is 29.8 Å². The van der Waals surface area contributed by atoms with Crippen LogP contribution >= 0.6 is 0 Å². The van der Waals surface area contributed by atoms with Gasteiger partial charge in [-0.25, -0.2) is 0 Å². The number of ether oxygens (including phenoxy) is 1. The summed E-state index contributed by atoms with van der Waals surface area (Å²) in [7, 11) is 0. The Balaban J connectivity index is 1.96. The topological polar surface area (TPSA) is 46.5 Å². The van der Waals surface area contributed by atoms with Gasteiger partial charge in [0.2, 0.25) is 0 Å². The molecular formula is C31H54O3. The van der Waals surface area contributed by atoms with Crippen LogP contribution in [0.2, 0.25) is 0 Å². The molecule has 1 N–H and O–H groups in total. The van der Waals surface area contributed by atoms with Crippen molar-refractivity contribution in [3.8, 4) is 5.75 Å². The van der Waals surface area contributed by atoms with Gasteiger partial charge in [-0.05, 0) is 36.5 Å². The highest BCUT2D eigenvalue weighted by molar-refractivity contribution is 5.70. The standard InChI is InChI=1S/C31H54O3/c1-3-5-7-8-9-10-11-12-13-14-15-16-17-18-19-20-26-34-31(33)27-29(21-6-4-2)28-22-24-30(32)25-23-28/h22-25,29,32H,3-21,26-27H2,1-2H3. The van der Waals surface area contributed by atoms with Crippen LogP contribution in [0.3, 0.4) is 0 Å². The fourth-order valence-corrected chi connectivity index (χ4v) is 4.68. The molecule has 0 aliphatic carbocycles. The predicted octanol–water partition coefficient (Wildman–Crippen LogP) is 9.86. The van der Waals surface area contributed by atoms with Gasteiger partial charge in [-0.3, -0.25) is 4.79 Å². The molecule has 0 saturated heterocycles. The summed E-state index contributed by atoms with van der Waals surface area (Å²) in [6.07, 6.45) is 25.2. The van der Waals surface area contributed by atoms with E-state index in [1.165, 1.54) is 89.9 Å². The second-order valence-electron chi connectivity index (χ2n) is 10.2. The lowest BCUT2D eigenvalue weighted by Crippen LogP contribution is -2.11. The van der Waals surface area contributed by atoms with Crippen LogP contribution in [-0.2, 0) is 9.53 Å². The van der Waals surface area contributed by atoms with Gasteiger partial charge in [0.1, 0.15) is 5.75 Å². The second kappa shape index (κ2) is 22.0. The maximum Gasteiger partial charge on any atom is 0.306 e. The van der Waals surface area contributed by atoms with Gasteiger partial charge in [0.05, 0.1) is 13.0 Å². The van der Waals surface area contributed by atoms with Gasteiger partial charge >= 0.3 is 5.97 Å². The highest BCUT2D eigenvalue weighted by Crippen LogP contribution is 2.27. The number of phenols is 1. The number of hydrogen-bond donors (Lipinski definition) is 1. The molecule has 196 valence electrons. The highest BCUT2D eigenvalue weighted by atomic mass is 16.5. The quantitative estimate of drug-likeness (QED) is 0.127. The van der Waals surface area contributed by atoms with Gasteiger partial charge in [-0.1, -0.05) is 135 Å². The average molecular weight is 475 g/mol. The third kappa shape index (κ3) is 17.0. The Morgan fingerprint density at radius 3 is 1.59 bits per heavy atom. The molecule has 1 rings (SSSR count). The minimum absolute atomic E-state index is 0.0878. The van der Waals surface area contributed by atoms with Gasteiger partial charge in [0.15, 0.2) is 0 Å². The third-order valence-electron chi connectivity index (χ3n) is 6.94. The summed E-state index contributed by atoms with van der Waals surface area (Å²) in [4.78, 5) is 12.3. The van der Waals surface area contributed by atoms with Crippen molar-refractivity contribution in [1.82, 2.24) is 0 Å². The van der Waals surface area contributed by atoms with Crippen LogP contribution < -0.4 is 0 Å². The van der Waals surface area contributed by atoms with Crippen molar-refractivity contribution in [3.63, 3.8) is 0 Å². The molecule has 34 heavy (non-hydrogen) atoms. The van der Waals surface area contributed by atoms with E-state index in [9.17, 15) is 9.90 Å². The molecule has 0 aliphatic heterocycles. The summed E-state index contributed by atoms with van der Waals surface area (Å²) in [5.41, 5.74) is 1.12. The maximum absolute atomic E-state index is 12.3. The lowest BCUT2D eigenvalue weighted by molar-refractivity contribution is -0.144. The number of carbonyl (C=O) groups excluding carboxylic acids is 1. The van der Waals surface area contributed by atoms with Crippen LogP contribution in [0.4, 0.5) is 0 Å². The molecule has 0 bridgehead atoms. The van der Waals surface area contributed by atoms with E-state index < -0.39 is 0 Å². The summed E-state index contributed by atoms with van der Waals surface area (Å²) in [6.45, 7) is 5.00. The van der Waals surface area contributed by atoms with E-state index in [-0.39, 0.29) is 17.6 Å². The molecule has 0 aliphatic rings. The largest absolute Gasteiger partial charge is 0.508 e. The third-order valence-corrected chi connectivity index (χ3v) is 6.94. The zero-order valence-electron chi connectivity index (χ0n) is 22.5. The normalized spacial score (nSPS) is 12.1. The summed E-state index contributed by atoms with van der Waals surface area (Å²) in [6, 6.07) is 7.27. The molecule has 1 unspecified atom stereocenters. The first-order chi connectivity index (χ1) is 16.7. The van der Waals surface area contributed by atoms with Crippen molar-refractivity contribution < 1.29 is 14.6 Å². The van der Waals surface area contributed by atoms with E-state index in [2.05, 4.69) is 13.8 Å². The van der Waals surface area contributed by atoms with Crippen molar-refractivity contribution >= 4 is 5.97 Å². The minimum atomic E-state index is -0.0878. The summed E-state index contributed by atoms with van der Waals surface area (Å²) in [5.74, 6) is 0.359. The monoisotopic (exact) mass is 474 g/mol. The molecule has 3 heteroatoms. The zero-order valence-corrected chi connectivity index (χ0v) is 22.5. The highest BCUT2D eigenvalue weighted by Gasteiger charge is 2.17. The molecule has 1 aromatic carbocycles. The number of esters is 1. The lowest BCUT2D eigenvalue weighted by atomic mass is 9.90. The number of carbonyl (C=O) groups is 1. The predicted molar refractivity (Wildman–Crippen MR) is 145 cm³/mol. The summed E-state index contributed by atoms with van der Waals surface area (Å²) < 4.78 is 5.53. The molecule has 0 amide bonds. The van der Waals surface area contributed by atoms with E-state index in [0.717, 1.165) is 37.7 Å². The summed E-state index contributed by atoms with van der Waals surface area (Å²) >= 11 is 0. The molecule has 3 nitrogen and oxygen atoms in total. The number of benzene rings is 1. The first kappa shape index (κ1) is 30.5. The molecule has 0 saturated carbocycles. The minimum Gasteiger partial charge on any atom is -0.508 e. The number of unbranched alkanes of at least 4 members (excludes halogenated alkanes) is 16. The lowest BCUT2D eigenvalue weighted by Gasteiger charge is -2.16. The Kier molecular flexibility index (Phi) is 19.7. The molecule has 1 aromatic rings. The van der Waals surface area contributed by atoms with Gasteiger partial charge < -0.3 is 9.84 Å². The number of aromatic hydroxyl groups is 1. The Bertz CT molecular complexity index is 581. The number of hydrogen-bond acceptors (Lipinski definition) is 3. The molecule has 1 atom stereocenters. The molecule has 0 heterocycles. The SMILES string of the molecule is CCCCCCCCCCCCCCCCCCOC(=O)CC(CCCC)c1ccc(O)cc1. The van der Waals surface area contributed by atoms with Crippen molar-refractivity contribution in [2.45, 2.75) is 148 Å². The van der Waals surface area contributed by atoms with Crippen LogP contribution in [0, 0.1) is 0 Å². The van der Waals surface area contributed by atoms with Gasteiger partial charge in [-0.15, -0.1) is 0 Å². The Labute approximate surface area is 211 Å². The zero-order chi connectivity index (χ0) is 24.7. The number of rotatable bonds is 23. The first-order valence-electron chi connectivity index (χ1n) is 14.6. The smallest absolute Gasteiger partial charge is 0.306 e. The van der Waals surface area contributed by atoms with Crippen molar-refractivity contribution in [2.24, 2.45) is 0 Å². The van der Waals surface area contributed by atoms with Crippen LogP contribution in [0.25, 0.3) is 0 Å². The fraction of sp³-hybridized carbons (Fsp3) is 0.774. The van der Waals surface area contributed by atoms with Gasteiger partial charge in [0.25, 0.3) is 0 Å². The van der Waals surface area contributed by atoms with Gasteiger partial charge in [0, 0.05) is 0 Å². The first-order valence-corrected chi connectivity index (χ1v) is 14.6. The number of phenolic OH excluding ortho intramolecular Hbond substituents is 1. The molecule has 0 fully saturated rings. The van der Waals surface area contributed by atoms with Crippen LogP contribution in [-0.4, -0.2) is 17.7 Å². The van der Waals surface area contributed by atoms with Crippen molar-refractivity contribution in [2.75, 3.05) is 6.61 Å². The molecular weight excluding hydrogens is 420 g/mol. The van der Waals surface area contributed by atoms with Crippen LogP contribution in [0.5, 0.6) is 5.75 Å². The second-order valence-corrected chi connectivity index (χ2v) is 10.2. The van der Waals surface area contributed by atoms with E-state index in [0.29, 0.717) is 13.0 Å². The van der Waals surface area contributed by atoms with Crippen molar-refractivity contribution in [1.29, 1.82) is 0 Å². The van der Waals surface area contributed by atoms with E-state index in [4.69, 9.17) is 4.74 Å². The maximum atomic E-state index is 12.3. The average Bonchev–Trinajstić information content (AvgIpc) is 2.84. The van der Waals surface area contributed by atoms with Crippen LogP contribution in [0.1, 0.15) is 154 Å². The Morgan fingerprint density at radius 2 is 1.12 bits per heavy atom. The fourth-order valence-electron chi connectivity index (χ4n) is 4.68. The summed E-state index contributed by atoms with van der Waals surface area (Å²) in [5, 5.41) is 9.52. The molecule has 0 spiro atoms.